The molecule has 0 radical (unpaired) electrons. The van der Waals surface area contributed by atoms with Crippen molar-refractivity contribution in [2.45, 2.75) is 25.9 Å². The maximum absolute atomic E-state index is 4.10. The van der Waals surface area contributed by atoms with Gasteiger partial charge >= 0.3 is 0 Å². The topological polar surface area (TPSA) is 29.9 Å². The standard InChI is InChI=1S/C14H19N3/c1-11-4-6-13(7-5-11)14(15-3)12(2)17-9-8-16-10-17/h4-10,12,14-15H,1-3H3. The van der Waals surface area contributed by atoms with Crippen LogP contribution in [-0.2, 0) is 0 Å². The van der Waals surface area contributed by atoms with Crippen LogP contribution in [0.3, 0.4) is 0 Å². The Labute approximate surface area is 103 Å². The molecule has 3 nitrogen and oxygen atoms in total. The van der Waals surface area contributed by atoms with Gasteiger partial charge in [-0.2, -0.15) is 0 Å². The van der Waals surface area contributed by atoms with Crippen LogP contribution >= 0.6 is 0 Å². The molecule has 0 aliphatic heterocycles. The van der Waals surface area contributed by atoms with Gasteiger partial charge in [0.25, 0.3) is 0 Å². The van der Waals surface area contributed by atoms with Crippen LogP contribution in [0.4, 0.5) is 0 Å². The summed E-state index contributed by atoms with van der Waals surface area (Å²) in [5.41, 5.74) is 2.60. The molecule has 17 heavy (non-hydrogen) atoms. The molecule has 0 spiro atoms. The molecule has 1 aromatic heterocycles. The Kier molecular flexibility index (Phi) is 3.59. The van der Waals surface area contributed by atoms with E-state index in [1.54, 1.807) is 0 Å². The van der Waals surface area contributed by atoms with E-state index < -0.39 is 0 Å². The van der Waals surface area contributed by atoms with Gasteiger partial charge in [-0.1, -0.05) is 29.8 Å². The first-order chi connectivity index (χ1) is 8.22. The lowest BCUT2D eigenvalue weighted by atomic mass is 9.99. The molecule has 0 saturated carbocycles. The Morgan fingerprint density at radius 1 is 1.24 bits per heavy atom. The summed E-state index contributed by atoms with van der Waals surface area (Å²) in [5, 5.41) is 3.38. The number of benzene rings is 1. The highest BCUT2D eigenvalue weighted by atomic mass is 15.1. The maximum Gasteiger partial charge on any atom is 0.0949 e. The quantitative estimate of drug-likeness (QED) is 0.873. The highest BCUT2D eigenvalue weighted by Gasteiger charge is 2.18. The average Bonchev–Trinajstić information content (AvgIpc) is 2.86. The highest BCUT2D eigenvalue weighted by molar-refractivity contribution is 5.25. The molecule has 1 aromatic carbocycles. The number of likely N-dealkylation sites (N-methyl/N-ethyl adjacent to an activating group) is 1. The summed E-state index contributed by atoms with van der Waals surface area (Å²) in [4.78, 5) is 4.10. The van der Waals surface area contributed by atoms with Gasteiger partial charge in [0.15, 0.2) is 0 Å². The van der Waals surface area contributed by atoms with Gasteiger partial charge in [0.2, 0.25) is 0 Å². The first-order valence-electron chi connectivity index (χ1n) is 5.93. The van der Waals surface area contributed by atoms with E-state index in [4.69, 9.17) is 0 Å². The summed E-state index contributed by atoms with van der Waals surface area (Å²) in [6, 6.07) is 9.31. The minimum absolute atomic E-state index is 0.296. The minimum Gasteiger partial charge on any atom is -0.333 e. The summed E-state index contributed by atoms with van der Waals surface area (Å²) in [7, 11) is 2.00. The number of hydrogen-bond acceptors (Lipinski definition) is 2. The maximum atomic E-state index is 4.10. The van der Waals surface area contributed by atoms with Crippen molar-refractivity contribution in [3.63, 3.8) is 0 Å². The molecular formula is C14H19N3. The van der Waals surface area contributed by atoms with E-state index in [-0.39, 0.29) is 0 Å². The zero-order chi connectivity index (χ0) is 12.3. The Balaban J connectivity index is 2.24. The van der Waals surface area contributed by atoms with E-state index in [0.29, 0.717) is 12.1 Å². The van der Waals surface area contributed by atoms with E-state index in [0.717, 1.165) is 0 Å². The van der Waals surface area contributed by atoms with Crippen molar-refractivity contribution in [3.8, 4) is 0 Å². The average molecular weight is 229 g/mol. The number of imidazole rings is 1. The third-order valence-corrected chi connectivity index (χ3v) is 3.23. The predicted octanol–water partition coefficient (Wildman–Crippen LogP) is 2.71. The van der Waals surface area contributed by atoms with Gasteiger partial charge in [0.1, 0.15) is 0 Å². The Morgan fingerprint density at radius 2 is 1.94 bits per heavy atom. The van der Waals surface area contributed by atoms with Crippen molar-refractivity contribution in [2.75, 3.05) is 7.05 Å². The largest absolute Gasteiger partial charge is 0.333 e. The van der Waals surface area contributed by atoms with Crippen molar-refractivity contribution >= 4 is 0 Å². The third kappa shape index (κ3) is 2.56. The molecular weight excluding hydrogens is 210 g/mol. The number of rotatable bonds is 4. The van der Waals surface area contributed by atoms with Crippen molar-refractivity contribution in [1.82, 2.24) is 14.9 Å². The number of nitrogens with zero attached hydrogens (tertiary/aromatic N) is 2. The summed E-state index contributed by atoms with van der Waals surface area (Å²) in [6.45, 7) is 4.31. The van der Waals surface area contributed by atoms with E-state index >= 15 is 0 Å². The molecule has 0 amide bonds. The van der Waals surface area contributed by atoms with E-state index in [9.17, 15) is 0 Å². The zero-order valence-corrected chi connectivity index (χ0v) is 10.6. The predicted molar refractivity (Wildman–Crippen MR) is 69.9 cm³/mol. The first-order valence-corrected chi connectivity index (χ1v) is 5.93. The lowest BCUT2D eigenvalue weighted by molar-refractivity contribution is 0.401. The van der Waals surface area contributed by atoms with E-state index in [2.05, 4.69) is 53.0 Å². The molecule has 0 aliphatic carbocycles. The zero-order valence-electron chi connectivity index (χ0n) is 10.6. The molecule has 0 saturated heterocycles. The fraction of sp³-hybridized carbons (Fsp3) is 0.357. The fourth-order valence-electron chi connectivity index (χ4n) is 2.14. The number of aromatic nitrogens is 2. The number of aryl methyl sites for hydroxylation is 1. The van der Waals surface area contributed by atoms with Crippen molar-refractivity contribution in [2.24, 2.45) is 0 Å². The van der Waals surface area contributed by atoms with Gasteiger partial charge in [-0.15, -0.1) is 0 Å². The van der Waals surface area contributed by atoms with Gasteiger partial charge in [-0.25, -0.2) is 4.98 Å². The second kappa shape index (κ2) is 5.15. The molecule has 0 bridgehead atoms. The van der Waals surface area contributed by atoms with Crippen LogP contribution in [-0.4, -0.2) is 16.6 Å². The molecule has 2 atom stereocenters. The van der Waals surface area contributed by atoms with Crippen LogP contribution < -0.4 is 5.32 Å². The summed E-state index contributed by atoms with van der Waals surface area (Å²) in [6.07, 6.45) is 5.69. The SMILES string of the molecule is CNC(c1ccc(C)cc1)C(C)n1ccnc1. The van der Waals surface area contributed by atoms with Crippen molar-refractivity contribution < 1.29 is 0 Å². The third-order valence-electron chi connectivity index (χ3n) is 3.23. The van der Waals surface area contributed by atoms with E-state index in [1.165, 1.54) is 11.1 Å². The van der Waals surface area contributed by atoms with Crippen molar-refractivity contribution in [3.05, 3.63) is 54.1 Å². The summed E-state index contributed by atoms with van der Waals surface area (Å²) < 4.78 is 2.13. The highest BCUT2D eigenvalue weighted by Crippen LogP contribution is 2.25. The van der Waals surface area contributed by atoms with Gasteiger partial charge < -0.3 is 9.88 Å². The molecule has 90 valence electrons. The molecule has 2 rings (SSSR count). The van der Waals surface area contributed by atoms with Gasteiger partial charge in [0.05, 0.1) is 18.4 Å². The Bertz CT molecular complexity index is 445. The smallest absolute Gasteiger partial charge is 0.0949 e. The molecule has 0 aliphatic rings. The second-order valence-corrected chi connectivity index (χ2v) is 4.43. The van der Waals surface area contributed by atoms with Crippen LogP contribution in [0.25, 0.3) is 0 Å². The van der Waals surface area contributed by atoms with Crippen LogP contribution in [0, 0.1) is 6.92 Å². The fourth-order valence-corrected chi connectivity index (χ4v) is 2.14. The van der Waals surface area contributed by atoms with Crippen LogP contribution in [0.2, 0.25) is 0 Å². The number of nitrogens with one attached hydrogen (secondary N) is 1. The normalized spacial score (nSPS) is 14.5. The second-order valence-electron chi connectivity index (χ2n) is 4.43. The van der Waals surface area contributed by atoms with Gasteiger partial charge in [-0.3, -0.25) is 0 Å². The Hall–Kier alpha value is -1.61. The van der Waals surface area contributed by atoms with Gasteiger partial charge in [-0.05, 0) is 26.5 Å². The minimum atomic E-state index is 0.296. The molecule has 2 unspecified atom stereocenters. The van der Waals surface area contributed by atoms with Crippen molar-refractivity contribution in [1.29, 1.82) is 0 Å². The monoisotopic (exact) mass is 229 g/mol. The lowest BCUT2D eigenvalue weighted by Gasteiger charge is -2.25. The Morgan fingerprint density at radius 3 is 2.47 bits per heavy atom. The molecule has 0 fully saturated rings. The molecule has 1 heterocycles. The number of hydrogen-bond donors (Lipinski definition) is 1. The van der Waals surface area contributed by atoms with Crippen LogP contribution in [0.5, 0.6) is 0 Å². The van der Waals surface area contributed by atoms with E-state index in [1.807, 2.05) is 25.8 Å². The molecule has 2 aromatic rings. The molecule has 3 heteroatoms. The summed E-state index contributed by atoms with van der Waals surface area (Å²) in [5.74, 6) is 0. The lowest BCUT2D eigenvalue weighted by Crippen LogP contribution is -2.25. The van der Waals surface area contributed by atoms with Crippen LogP contribution in [0.1, 0.15) is 30.1 Å². The molecule has 1 N–H and O–H groups in total. The van der Waals surface area contributed by atoms with Gasteiger partial charge in [0, 0.05) is 12.4 Å². The van der Waals surface area contributed by atoms with Crippen LogP contribution in [0.15, 0.2) is 43.0 Å². The summed E-state index contributed by atoms with van der Waals surface area (Å²) >= 11 is 0. The first kappa shape index (κ1) is 11.9.